The van der Waals surface area contributed by atoms with Gasteiger partial charge in [0.25, 0.3) is 0 Å². The van der Waals surface area contributed by atoms with Crippen molar-refractivity contribution in [1.29, 1.82) is 0 Å². The van der Waals surface area contributed by atoms with E-state index in [2.05, 4.69) is 11.9 Å². The summed E-state index contributed by atoms with van der Waals surface area (Å²) >= 11 is 0. The van der Waals surface area contributed by atoms with Crippen LogP contribution in [0.15, 0.2) is 49.1 Å². The van der Waals surface area contributed by atoms with Gasteiger partial charge in [0.15, 0.2) is 11.5 Å². The van der Waals surface area contributed by atoms with Gasteiger partial charge in [0, 0.05) is 17.8 Å². The summed E-state index contributed by atoms with van der Waals surface area (Å²) in [6, 6.07) is 11.7. The van der Waals surface area contributed by atoms with Crippen LogP contribution in [-0.2, 0) is 13.0 Å². The Hall–Kier alpha value is -2.62. The summed E-state index contributed by atoms with van der Waals surface area (Å²) in [5.74, 6) is 1.57. The van der Waals surface area contributed by atoms with Crippen molar-refractivity contribution in [3.63, 3.8) is 0 Å². The quantitative estimate of drug-likeness (QED) is 0.664. The van der Waals surface area contributed by atoms with Gasteiger partial charge in [-0.15, -0.1) is 6.58 Å². The lowest BCUT2D eigenvalue weighted by molar-refractivity contribution is 0.316. The molecule has 0 unspecified atom stereocenters. The molecule has 2 N–H and O–H groups in total. The van der Waals surface area contributed by atoms with Crippen LogP contribution in [0.1, 0.15) is 25.0 Å². The zero-order chi connectivity index (χ0) is 17.4. The predicted octanol–water partition coefficient (Wildman–Crippen LogP) is 4.53. The second kappa shape index (κ2) is 8.87. The minimum atomic E-state index is 0.196. The minimum Gasteiger partial charge on any atom is -0.504 e. The molecule has 24 heavy (non-hydrogen) atoms. The molecule has 2 aromatic rings. The highest BCUT2D eigenvalue weighted by atomic mass is 16.5. The fraction of sp³-hybridized carbons (Fsp3) is 0.300. The lowest BCUT2D eigenvalue weighted by atomic mass is 10.1. The molecule has 128 valence electrons. The van der Waals surface area contributed by atoms with Crippen LogP contribution in [0.4, 0.5) is 5.69 Å². The highest BCUT2D eigenvalue weighted by molar-refractivity contribution is 5.51. The molecular formula is C20H25NO3. The van der Waals surface area contributed by atoms with Crippen LogP contribution in [0, 0.1) is 0 Å². The number of nitrogens with one attached hydrogen (secondary N) is 1. The third kappa shape index (κ3) is 4.69. The summed E-state index contributed by atoms with van der Waals surface area (Å²) in [5, 5.41) is 13.6. The molecule has 0 spiro atoms. The van der Waals surface area contributed by atoms with Crippen molar-refractivity contribution in [2.24, 2.45) is 0 Å². The summed E-state index contributed by atoms with van der Waals surface area (Å²) in [5.41, 5.74) is 2.87. The molecule has 0 bridgehead atoms. The van der Waals surface area contributed by atoms with Gasteiger partial charge in [-0.2, -0.15) is 0 Å². The summed E-state index contributed by atoms with van der Waals surface area (Å²) < 4.78 is 11.0. The number of ether oxygens (including phenoxy) is 2. The Morgan fingerprint density at radius 1 is 1.08 bits per heavy atom. The molecular weight excluding hydrogens is 302 g/mol. The van der Waals surface area contributed by atoms with Gasteiger partial charge in [-0.1, -0.05) is 6.08 Å². The Balaban J connectivity index is 2.11. The lowest BCUT2D eigenvalue weighted by Crippen LogP contribution is -2.02. The van der Waals surface area contributed by atoms with E-state index >= 15 is 0 Å². The summed E-state index contributed by atoms with van der Waals surface area (Å²) in [4.78, 5) is 0. The molecule has 4 nitrogen and oxygen atoms in total. The van der Waals surface area contributed by atoms with Gasteiger partial charge in [0.2, 0.25) is 0 Å². The normalized spacial score (nSPS) is 10.2. The van der Waals surface area contributed by atoms with Crippen LogP contribution < -0.4 is 14.8 Å². The SMILES string of the molecule is C=CCc1cc(CNc2ccc(OCC)cc2)cc(OCC)c1O. The van der Waals surface area contributed by atoms with Crippen LogP contribution in [0.3, 0.4) is 0 Å². The van der Waals surface area contributed by atoms with E-state index in [1.807, 2.05) is 50.2 Å². The zero-order valence-electron chi connectivity index (χ0n) is 14.3. The Morgan fingerprint density at radius 3 is 2.42 bits per heavy atom. The van der Waals surface area contributed by atoms with Crippen molar-refractivity contribution in [2.75, 3.05) is 18.5 Å². The largest absolute Gasteiger partial charge is 0.504 e. The third-order valence-corrected chi connectivity index (χ3v) is 3.54. The van der Waals surface area contributed by atoms with E-state index in [1.165, 1.54) is 0 Å². The van der Waals surface area contributed by atoms with Gasteiger partial charge < -0.3 is 19.9 Å². The maximum Gasteiger partial charge on any atom is 0.161 e. The van der Waals surface area contributed by atoms with Crippen molar-refractivity contribution in [1.82, 2.24) is 0 Å². The predicted molar refractivity (Wildman–Crippen MR) is 98.1 cm³/mol. The highest BCUT2D eigenvalue weighted by Gasteiger charge is 2.10. The van der Waals surface area contributed by atoms with Gasteiger partial charge in [-0.25, -0.2) is 0 Å². The van der Waals surface area contributed by atoms with E-state index in [9.17, 15) is 5.11 Å². The van der Waals surface area contributed by atoms with Crippen molar-refractivity contribution < 1.29 is 14.6 Å². The first kappa shape index (κ1) is 17.7. The van der Waals surface area contributed by atoms with Gasteiger partial charge in [0.1, 0.15) is 5.75 Å². The van der Waals surface area contributed by atoms with E-state index in [1.54, 1.807) is 6.08 Å². The topological polar surface area (TPSA) is 50.7 Å². The maximum absolute atomic E-state index is 10.2. The fourth-order valence-corrected chi connectivity index (χ4v) is 2.45. The van der Waals surface area contributed by atoms with Gasteiger partial charge in [0.05, 0.1) is 13.2 Å². The monoisotopic (exact) mass is 327 g/mol. The number of phenols is 1. The number of phenolic OH excluding ortho intramolecular Hbond substituents is 1. The number of aromatic hydroxyl groups is 1. The summed E-state index contributed by atoms with van der Waals surface area (Å²) in [6.45, 7) is 9.41. The first-order valence-electron chi connectivity index (χ1n) is 8.23. The van der Waals surface area contributed by atoms with Gasteiger partial charge in [-0.3, -0.25) is 0 Å². The Kier molecular flexibility index (Phi) is 6.55. The molecule has 2 rings (SSSR count). The van der Waals surface area contributed by atoms with Crippen LogP contribution in [0.5, 0.6) is 17.2 Å². The molecule has 0 atom stereocenters. The van der Waals surface area contributed by atoms with Crippen LogP contribution in [-0.4, -0.2) is 18.3 Å². The van der Waals surface area contributed by atoms with Crippen LogP contribution in [0.2, 0.25) is 0 Å². The van der Waals surface area contributed by atoms with Crippen molar-refractivity contribution in [3.8, 4) is 17.2 Å². The van der Waals surface area contributed by atoms with E-state index in [-0.39, 0.29) is 5.75 Å². The van der Waals surface area contributed by atoms with E-state index in [4.69, 9.17) is 9.47 Å². The molecule has 2 aromatic carbocycles. The minimum absolute atomic E-state index is 0.196. The number of hydrogen-bond donors (Lipinski definition) is 2. The molecule has 0 fully saturated rings. The maximum atomic E-state index is 10.2. The summed E-state index contributed by atoms with van der Waals surface area (Å²) in [6.07, 6.45) is 2.37. The molecule has 0 radical (unpaired) electrons. The molecule has 0 aliphatic rings. The van der Waals surface area contributed by atoms with Gasteiger partial charge >= 0.3 is 0 Å². The molecule has 4 heteroatoms. The van der Waals surface area contributed by atoms with E-state index < -0.39 is 0 Å². The number of benzene rings is 2. The highest BCUT2D eigenvalue weighted by Crippen LogP contribution is 2.32. The molecule has 0 amide bonds. The number of rotatable bonds is 9. The molecule has 0 aliphatic heterocycles. The van der Waals surface area contributed by atoms with E-state index in [0.29, 0.717) is 31.9 Å². The third-order valence-electron chi connectivity index (χ3n) is 3.54. The second-order valence-corrected chi connectivity index (χ2v) is 5.34. The first-order valence-corrected chi connectivity index (χ1v) is 8.23. The molecule has 0 saturated carbocycles. The zero-order valence-corrected chi connectivity index (χ0v) is 14.3. The number of hydrogen-bond acceptors (Lipinski definition) is 4. The smallest absolute Gasteiger partial charge is 0.161 e. The molecule has 0 saturated heterocycles. The first-order chi connectivity index (χ1) is 11.7. The van der Waals surface area contributed by atoms with Crippen molar-refractivity contribution in [3.05, 3.63) is 60.2 Å². The summed E-state index contributed by atoms with van der Waals surface area (Å²) in [7, 11) is 0. The Morgan fingerprint density at radius 2 is 1.79 bits per heavy atom. The molecule has 0 aromatic heterocycles. The Labute approximate surface area is 143 Å². The average molecular weight is 327 g/mol. The fourth-order valence-electron chi connectivity index (χ4n) is 2.45. The lowest BCUT2D eigenvalue weighted by Gasteiger charge is -2.14. The number of anilines is 1. The standard InChI is InChI=1S/C20H25NO3/c1-4-7-16-12-15(13-19(20(16)22)24-6-3)14-21-17-8-10-18(11-9-17)23-5-2/h4,8-13,21-22H,1,5-7,14H2,2-3H3. The average Bonchev–Trinajstić information content (AvgIpc) is 2.59. The second-order valence-electron chi connectivity index (χ2n) is 5.34. The van der Waals surface area contributed by atoms with E-state index in [0.717, 1.165) is 22.6 Å². The van der Waals surface area contributed by atoms with Gasteiger partial charge in [-0.05, 0) is 62.2 Å². The molecule has 0 heterocycles. The van der Waals surface area contributed by atoms with Crippen molar-refractivity contribution in [2.45, 2.75) is 26.8 Å². The van der Waals surface area contributed by atoms with Crippen LogP contribution >= 0.6 is 0 Å². The Bertz CT molecular complexity index is 665. The van der Waals surface area contributed by atoms with Crippen molar-refractivity contribution >= 4 is 5.69 Å². The van der Waals surface area contributed by atoms with Crippen LogP contribution in [0.25, 0.3) is 0 Å². The number of allylic oxidation sites excluding steroid dienone is 1. The molecule has 0 aliphatic carbocycles.